The van der Waals surface area contributed by atoms with Crippen LogP contribution < -0.4 is 0 Å². The number of hydrogen-bond donors (Lipinski definition) is 2. The monoisotopic (exact) mass is 996 g/mol. The molecule has 2 aromatic heterocycles. The Bertz CT molecular complexity index is 2440. The SMILES string of the molecule is CC.CC1(C)c2ccccc2-c2ccc(C#Cc3ccnc(C4C=C(C(=O)O)C=C(c5cc(C(=O)O)ccn5)[N-]4)c3)cc21.CCC.C[S-].N#C[S-].[Ru+4].[S-]c1ccc(Cl)c(Cl)c1. The van der Waals surface area contributed by atoms with Gasteiger partial charge in [0.1, 0.15) is 0 Å². The van der Waals surface area contributed by atoms with Crippen LogP contribution >= 0.6 is 23.2 Å². The van der Waals surface area contributed by atoms with E-state index in [-0.39, 0.29) is 47.4 Å². The quantitative estimate of drug-likeness (QED) is 0.0774. The van der Waals surface area contributed by atoms with E-state index in [0.717, 1.165) is 5.56 Å². The molecule has 5 aromatic rings. The number of aromatic nitrogens is 2. The molecule has 2 N–H and O–H groups in total. The van der Waals surface area contributed by atoms with Crippen molar-refractivity contribution in [3.63, 3.8) is 0 Å². The molecule has 0 saturated carbocycles. The van der Waals surface area contributed by atoms with Crippen LogP contribution in [0.15, 0.2) is 120 Å². The summed E-state index contributed by atoms with van der Waals surface area (Å²) in [4.78, 5) is 32.7. The number of carboxylic acid groups (broad SMARTS) is 2. The third-order valence-corrected chi connectivity index (χ3v) is 9.33. The smallest absolute Gasteiger partial charge is 0.796 e. The molecule has 61 heavy (non-hydrogen) atoms. The summed E-state index contributed by atoms with van der Waals surface area (Å²) in [7, 11) is 0. The summed E-state index contributed by atoms with van der Waals surface area (Å²) < 4.78 is 0. The van der Waals surface area contributed by atoms with Crippen LogP contribution in [0.25, 0.3) is 22.1 Å². The van der Waals surface area contributed by atoms with Gasteiger partial charge in [0.2, 0.25) is 0 Å². The summed E-state index contributed by atoms with van der Waals surface area (Å²) in [6.45, 7) is 12.7. The summed E-state index contributed by atoms with van der Waals surface area (Å²) in [5.41, 5.74) is 7.62. The normalized spacial score (nSPS) is 12.9. The summed E-state index contributed by atoms with van der Waals surface area (Å²) in [6, 6.07) is 25.5. The minimum atomic E-state index is -1.13. The summed E-state index contributed by atoms with van der Waals surface area (Å²) in [5, 5.41) is 33.2. The Morgan fingerprint density at radius 2 is 1.41 bits per heavy atom. The Morgan fingerprint density at radius 1 is 0.820 bits per heavy atom. The van der Waals surface area contributed by atoms with Gasteiger partial charge in [0.25, 0.3) is 0 Å². The number of hydrogen-bond acceptors (Lipinski definition) is 8. The first kappa shape index (κ1) is 54.2. The molecule has 0 radical (unpaired) electrons. The molecule has 7 rings (SSSR count). The molecular formula is C47H44Cl2N4O4RuS3. The van der Waals surface area contributed by atoms with Gasteiger partial charge in [-0.3, -0.25) is 9.97 Å². The van der Waals surface area contributed by atoms with Crippen molar-refractivity contribution in [3.05, 3.63) is 170 Å². The fourth-order valence-electron chi connectivity index (χ4n) is 5.81. The minimum Gasteiger partial charge on any atom is -0.796 e. The van der Waals surface area contributed by atoms with E-state index in [0.29, 0.717) is 26.2 Å². The van der Waals surface area contributed by atoms with Crippen LogP contribution in [-0.4, -0.2) is 38.4 Å². The van der Waals surface area contributed by atoms with Crippen LogP contribution in [0.5, 0.6) is 0 Å². The molecule has 0 fully saturated rings. The van der Waals surface area contributed by atoms with E-state index < -0.39 is 18.0 Å². The molecule has 3 heterocycles. The minimum absolute atomic E-state index is 0. The van der Waals surface area contributed by atoms with Crippen molar-refractivity contribution in [2.45, 2.75) is 64.3 Å². The van der Waals surface area contributed by atoms with Gasteiger partial charge < -0.3 is 53.4 Å². The van der Waals surface area contributed by atoms with Crippen LogP contribution in [0.2, 0.25) is 10.0 Å². The average Bonchev–Trinajstić information content (AvgIpc) is 3.49. The van der Waals surface area contributed by atoms with Gasteiger partial charge in [-0.1, -0.05) is 149 Å². The molecule has 1 atom stereocenters. The maximum absolute atomic E-state index is 11.9. The number of aliphatic carboxylic acids is 1. The van der Waals surface area contributed by atoms with Crippen molar-refractivity contribution in [1.29, 1.82) is 5.26 Å². The number of carbonyl (C=O) groups is 2. The van der Waals surface area contributed by atoms with E-state index in [2.05, 4.69) is 116 Å². The van der Waals surface area contributed by atoms with Crippen LogP contribution in [-0.2, 0) is 67.6 Å². The molecule has 0 spiro atoms. The van der Waals surface area contributed by atoms with E-state index in [1.54, 1.807) is 42.8 Å². The molecule has 0 bridgehead atoms. The topological polar surface area (TPSA) is 138 Å². The number of carboxylic acids is 2. The third kappa shape index (κ3) is 15.3. The zero-order chi connectivity index (χ0) is 45.0. The molecule has 0 saturated heterocycles. The van der Waals surface area contributed by atoms with Crippen LogP contribution in [0.3, 0.4) is 0 Å². The first-order valence-corrected chi connectivity index (χ1v) is 21.0. The van der Waals surface area contributed by atoms with E-state index in [1.807, 2.05) is 19.9 Å². The predicted molar refractivity (Wildman–Crippen MR) is 251 cm³/mol. The molecule has 2 aliphatic rings. The number of aromatic carboxylic acids is 1. The van der Waals surface area contributed by atoms with E-state index in [4.69, 9.17) is 41.1 Å². The first-order valence-electron chi connectivity index (χ1n) is 18.6. The first-order chi connectivity index (χ1) is 28.7. The zero-order valence-electron chi connectivity index (χ0n) is 34.5. The van der Waals surface area contributed by atoms with Gasteiger partial charge in [-0.25, -0.2) is 14.9 Å². The van der Waals surface area contributed by atoms with Crippen molar-refractivity contribution < 1.29 is 39.3 Å². The van der Waals surface area contributed by atoms with Crippen LogP contribution in [0.1, 0.15) is 98.0 Å². The standard InChI is InChI=1S/C34H24N3O4.C6H4Cl2S.C3H8.C2H6.CHNS.CH4S.Ru/c1-34(2)26-6-4-3-5-24(26)25-10-9-20(15-27(25)34)7-8-21-11-13-35-28(16-21)30-18-23(33(40)41)19-31(37-30)29-17-22(32(38)39)12-14-36-29;7-5-2-1-4(9)3-6(5)8;1-3-2;1-2;2-1-3;1-2;/h3-6,9-19,30H,1-2H3,(H,38,39)(H,40,41);1-3,9H;3H2,1-2H3;1-2H3;3H;2H,1H3;/q-1;;;;;;+4/p-3. The summed E-state index contributed by atoms with van der Waals surface area (Å²) >= 11 is 23.8. The molecule has 1 aliphatic heterocycles. The number of nitrogens with zero attached hydrogens (tertiary/aromatic N) is 4. The molecule has 0 amide bonds. The van der Waals surface area contributed by atoms with Gasteiger partial charge in [0.15, 0.2) is 0 Å². The molecule has 316 valence electrons. The molecule has 1 unspecified atom stereocenters. The molecule has 3 aromatic carbocycles. The van der Waals surface area contributed by atoms with Crippen molar-refractivity contribution >= 4 is 78.7 Å². The zero-order valence-corrected chi connectivity index (χ0v) is 40.2. The fourth-order valence-corrected chi connectivity index (χ4v) is 6.36. The third-order valence-electron chi connectivity index (χ3n) is 8.33. The number of halogens is 2. The van der Waals surface area contributed by atoms with Gasteiger partial charge in [0.05, 0.1) is 21.2 Å². The number of thiocyanates is 1. The van der Waals surface area contributed by atoms with Crippen molar-refractivity contribution in [1.82, 2.24) is 9.97 Å². The average molecular weight is 997 g/mol. The van der Waals surface area contributed by atoms with Crippen molar-refractivity contribution in [2.75, 3.05) is 6.26 Å². The Morgan fingerprint density at radius 3 is 2.00 bits per heavy atom. The van der Waals surface area contributed by atoms with Gasteiger partial charge in [-0.15, -0.1) is 5.70 Å². The number of benzene rings is 3. The van der Waals surface area contributed by atoms with Gasteiger partial charge in [0, 0.05) is 40.3 Å². The Hall–Kier alpha value is -4.78. The van der Waals surface area contributed by atoms with Gasteiger partial charge in [-0.05, 0) is 64.7 Å². The molecular weight excluding hydrogens is 953 g/mol. The number of pyridine rings is 2. The largest absolute Gasteiger partial charge is 4.00 e. The Balaban J connectivity index is 0.000000786. The second-order valence-corrected chi connectivity index (χ2v) is 14.3. The number of fused-ring (bicyclic) bond motifs is 3. The van der Waals surface area contributed by atoms with Crippen molar-refractivity contribution in [3.8, 4) is 28.4 Å². The summed E-state index contributed by atoms with van der Waals surface area (Å²) in [6.07, 6.45) is 8.69. The molecule has 1 aliphatic carbocycles. The van der Waals surface area contributed by atoms with Crippen LogP contribution in [0, 0.1) is 22.5 Å². The maximum atomic E-state index is 11.9. The predicted octanol–water partition coefficient (Wildman–Crippen LogP) is 11.9. The fraction of sp³-hybridized carbons (Fsp3) is 0.213. The Labute approximate surface area is 398 Å². The van der Waals surface area contributed by atoms with Crippen LogP contribution in [0.4, 0.5) is 0 Å². The maximum Gasteiger partial charge on any atom is 4.00 e. The second-order valence-electron chi connectivity index (χ2n) is 12.8. The number of rotatable bonds is 4. The number of nitriles is 1. The van der Waals surface area contributed by atoms with E-state index >= 15 is 0 Å². The molecule has 8 nitrogen and oxygen atoms in total. The summed E-state index contributed by atoms with van der Waals surface area (Å²) in [5.74, 6) is 4.24. The molecule has 14 heteroatoms. The van der Waals surface area contributed by atoms with E-state index in [1.165, 1.54) is 64.6 Å². The van der Waals surface area contributed by atoms with Crippen molar-refractivity contribution in [2.24, 2.45) is 0 Å². The van der Waals surface area contributed by atoms with Gasteiger partial charge in [-0.2, -0.15) is 11.2 Å². The van der Waals surface area contributed by atoms with Gasteiger partial charge >= 0.3 is 31.4 Å². The van der Waals surface area contributed by atoms with E-state index in [9.17, 15) is 19.8 Å². The second kappa shape index (κ2) is 27.2. The Kier molecular flexibility index (Phi) is 24.2.